The van der Waals surface area contributed by atoms with Gasteiger partial charge in [-0.3, -0.25) is 14.6 Å². The van der Waals surface area contributed by atoms with E-state index in [4.69, 9.17) is 14.3 Å². The molecule has 1 N–H and O–H groups in total. The average molecular weight is 383 g/mol. The predicted octanol–water partition coefficient (Wildman–Crippen LogP) is 2.54. The largest absolute Gasteiger partial charge is 0.480 e. The molecule has 0 aromatic rings. The van der Waals surface area contributed by atoms with Crippen LogP contribution < -0.4 is 0 Å². The number of alkyl halides is 1. The number of nitrogens with zero attached hydrogens (tertiary/aromatic N) is 1. The van der Waals surface area contributed by atoms with E-state index in [2.05, 4.69) is 20.9 Å². The van der Waals surface area contributed by atoms with E-state index in [1.807, 2.05) is 32.9 Å². The van der Waals surface area contributed by atoms with Crippen molar-refractivity contribution in [2.45, 2.75) is 37.6 Å². The van der Waals surface area contributed by atoms with E-state index in [9.17, 15) is 8.42 Å². The molecule has 0 fully saturated rings. The average Bonchev–Trinajstić information content (AvgIpc) is 2.39. The Balaban J connectivity index is 5.54. The van der Waals surface area contributed by atoms with Gasteiger partial charge in [0.15, 0.2) is 0 Å². The first kappa shape index (κ1) is 20.3. The number of nitrogens with one attached hydrogen (secondary N) is 1. The van der Waals surface area contributed by atoms with Crippen LogP contribution in [0.15, 0.2) is 17.1 Å². The van der Waals surface area contributed by atoms with Gasteiger partial charge in [0.25, 0.3) is 10.1 Å². The van der Waals surface area contributed by atoms with E-state index in [1.54, 1.807) is 0 Å². The summed E-state index contributed by atoms with van der Waals surface area (Å²) in [7, 11) is -2.29. The minimum absolute atomic E-state index is 0.0225. The number of hydrogen-bond acceptors (Lipinski definition) is 6. The van der Waals surface area contributed by atoms with Crippen molar-refractivity contribution >= 4 is 37.7 Å². The number of methoxy groups -OCH3 is 1. The summed E-state index contributed by atoms with van der Waals surface area (Å²) in [5.41, 5.74) is -0.505. The van der Waals surface area contributed by atoms with E-state index in [-0.39, 0.29) is 23.0 Å². The van der Waals surface area contributed by atoms with Crippen LogP contribution in [0.4, 0.5) is 0 Å². The lowest BCUT2D eigenvalue weighted by Crippen LogP contribution is -2.34. The molecule has 6 nitrogen and oxygen atoms in total. The Morgan fingerprint density at radius 3 is 2.48 bits per heavy atom. The van der Waals surface area contributed by atoms with Crippen LogP contribution in [0, 0.1) is 5.41 Å². The molecule has 0 saturated heterocycles. The highest BCUT2D eigenvalue weighted by molar-refractivity contribution is 9.09. The summed E-state index contributed by atoms with van der Waals surface area (Å²) in [4.78, 5) is 4.44. The summed E-state index contributed by atoms with van der Waals surface area (Å²) in [5.74, 6) is -0.220. The van der Waals surface area contributed by atoms with Crippen LogP contribution in [-0.2, 0) is 19.0 Å². The second-order valence-electron chi connectivity index (χ2n) is 4.71. The molecule has 0 spiro atoms. The Bertz CT molecular complexity index is 514. The lowest BCUT2D eigenvalue weighted by atomic mass is 9.98. The molecule has 0 aliphatic rings. The van der Waals surface area contributed by atoms with Gasteiger partial charge in [-0.1, -0.05) is 35.0 Å². The molecule has 21 heavy (non-hydrogen) atoms. The van der Waals surface area contributed by atoms with Gasteiger partial charge in [-0.05, 0) is 20.3 Å². The number of halogens is 1. The standard InChI is InChI=1S/C13H23BrN2O4S/c1-6-7-8-13(3,10(2)14)16-11(12(15)19-4)9-20-21(5,17)18/h7-8,10,15H,6,9H2,1-5H3/b8-7-,15-12?,16-11-/t10?,13-/m1/s1. The number of allylic oxidation sites excluding steroid dienone is 1. The van der Waals surface area contributed by atoms with Gasteiger partial charge >= 0.3 is 0 Å². The van der Waals surface area contributed by atoms with E-state index < -0.39 is 15.7 Å². The molecule has 2 atom stereocenters. The minimum Gasteiger partial charge on any atom is -0.480 e. The summed E-state index contributed by atoms with van der Waals surface area (Å²) in [6, 6.07) is 0. The zero-order valence-electron chi connectivity index (χ0n) is 13.0. The monoisotopic (exact) mass is 382 g/mol. The Hall–Kier alpha value is -0.730. The second-order valence-corrected chi connectivity index (χ2v) is 7.73. The number of hydrogen-bond donors (Lipinski definition) is 1. The molecular weight excluding hydrogens is 360 g/mol. The van der Waals surface area contributed by atoms with Gasteiger partial charge in [0.05, 0.1) is 18.9 Å². The first-order valence-corrected chi connectivity index (χ1v) is 9.16. The number of ether oxygens (including phenoxy) is 1. The van der Waals surface area contributed by atoms with Gasteiger partial charge < -0.3 is 4.74 Å². The molecule has 0 amide bonds. The van der Waals surface area contributed by atoms with Crippen molar-refractivity contribution in [3.63, 3.8) is 0 Å². The lowest BCUT2D eigenvalue weighted by molar-refractivity contribution is 0.364. The highest BCUT2D eigenvalue weighted by Crippen LogP contribution is 2.25. The van der Waals surface area contributed by atoms with Crippen molar-refractivity contribution in [1.29, 1.82) is 5.41 Å². The fourth-order valence-electron chi connectivity index (χ4n) is 1.34. The molecule has 0 rings (SSSR count). The molecule has 0 aliphatic heterocycles. The maximum absolute atomic E-state index is 11.1. The highest BCUT2D eigenvalue weighted by Gasteiger charge is 2.28. The summed E-state index contributed by atoms with van der Waals surface area (Å²) in [5, 5.41) is 7.73. The molecule has 0 radical (unpaired) electrons. The Morgan fingerprint density at radius 2 is 2.10 bits per heavy atom. The van der Waals surface area contributed by atoms with Crippen LogP contribution in [0.3, 0.4) is 0 Å². The van der Waals surface area contributed by atoms with Crippen LogP contribution in [0.2, 0.25) is 0 Å². The van der Waals surface area contributed by atoms with Crippen LogP contribution >= 0.6 is 15.9 Å². The molecule has 0 aliphatic carbocycles. The van der Waals surface area contributed by atoms with E-state index >= 15 is 0 Å². The van der Waals surface area contributed by atoms with Crippen molar-refractivity contribution in [2.24, 2.45) is 4.99 Å². The van der Waals surface area contributed by atoms with Crippen molar-refractivity contribution in [2.75, 3.05) is 20.0 Å². The maximum atomic E-state index is 11.1. The van der Waals surface area contributed by atoms with Crippen LogP contribution in [-0.4, -0.2) is 50.4 Å². The first-order chi connectivity index (χ1) is 9.55. The zero-order valence-corrected chi connectivity index (χ0v) is 15.4. The summed E-state index contributed by atoms with van der Waals surface area (Å²) in [6.07, 6.45) is 5.68. The second kappa shape index (κ2) is 8.65. The summed E-state index contributed by atoms with van der Waals surface area (Å²) in [6.45, 7) is 5.47. The lowest BCUT2D eigenvalue weighted by Gasteiger charge is -2.26. The van der Waals surface area contributed by atoms with E-state index in [0.717, 1.165) is 12.7 Å². The minimum atomic E-state index is -3.62. The van der Waals surface area contributed by atoms with Crippen LogP contribution in [0.5, 0.6) is 0 Å². The number of aliphatic imine (C=N–C) groups is 1. The van der Waals surface area contributed by atoms with Gasteiger partial charge in [0.1, 0.15) is 12.3 Å². The molecule has 0 bridgehead atoms. The van der Waals surface area contributed by atoms with Crippen molar-refractivity contribution in [1.82, 2.24) is 0 Å². The van der Waals surface area contributed by atoms with Crippen LogP contribution in [0.25, 0.3) is 0 Å². The fraction of sp³-hybridized carbons (Fsp3) is 0.692. The molecule has 122 valence electrons. The third-order valence-electron chi connectivity index (χ3n) is 2.75. The molecule has 1 unspecified atom stereocenters. The Kier molecular flexibility index (Phi) is 8.35. The predicted molar refractivity (Wildman–Crippen MR) is 89.2 cm³/mol. The van der Waals surface area contributed by atoms with Crippen molar-refractivity contribution in [3.8, 4) is 0 Å². The van der Waals surface area contributed by atoms with Gasteiger partial charge in [0.2, 0.25) is 5.90 Å². The van der Waals surface area contributed by atoms with Gasteiger partial charge in [-0.25, -0.2) is 0 Å². The number of rotatable bonds is 8. The Labute approximate surface area is 135 Å². The maximum Gasteiger partial charge on any atom is 0.264 e. The van der Waals surface area contributed by atoms with Gasteiger partial charge in [-0.15, -0.1) is 0 Å². The fourth-order valence-corrected chi connectivity index (χ4v) is 1.92. The van der Waals surface area contributed by atoms with Gasteiger partial charge in [-0.2, -0.15) is 8.42 Å². The molecule has 0 heterocycles. The molecule has 0 aromatic heterocycles. The summed E-state index contributed by atoms with van der Waals surface area (Å²) >= 11 is 3.49. The third kappa shape index (κ3) is 7.73. The third-order valence-corrected chi connectivity index (χ3v) is 4.22. The molecule has 0 aromatic carbocycles. The molecular formula is C13H23BrN2O4S. The van der Waals surface area contributed by atoms with Crippen LogP contribution in [0.1, 0.15) is 27.2 Å². The molecule has 8 heteroatoms. The summed E-state index contributed by atoms with van der Waals surface area (Å²) < 4.78 is 31.8. The molecule has 0 saturated carbocycles. The highest BCUT2D eigenvalue weighted by atomic mass is 79.9. The van der Waals surface area contributed by atoms with E-state index in [1.165, 1.54) is 7.11 Å². The van der Waals surface area contributed by atoms with Crippen molar-refractivity contribution < 1.29 is 17.3 Å². The zero-order chi connectivity index (χ0) is 16.7. The van der Waals surface area contributed by atoms with Crippen molar-refractivity contribution in [3.05, 3.63) is 12.2 Å². The van der Waals surface area contributed by atoms with Gasteiger partial charge in [0, 0.05) is 4.83 Å². The SMILES string of the molecule is CC/C=C\[C@@](C)(/N=C(/COS(C)(=O)=O)C(=N)OC)C(C)Br. The quantitative estimate of drug-likeness (QED) is 0.229. The normalized spacial score (nSPS) is 17.5. The van der Waals surface area contributed by atoms with E-state index in [0.29, 0.717) is 0 Å². The first-order valence-electron chi connectivity index (χ1n) is 6.43. The topological polar surface area (TPSA) is 88.8 Å². The smallest absolute Gasteiger partial charge is 0.264 e. The Morgan fingerprint density at radius 1 is 1.52 bits per heavy atom.